The van der Waals surface area contributed by atoms with Crippen molar-refractivity contribution in [1.82, 2.24) is 4.90 Å². The minimum Gasteiger partial charge on any atom is -0.448 e. The Morgan fingerprint density at radius 2 is 2.00 bits per heavy atom. The van der Waals surface area contributed by atoms with E-state index in [1.54, 1.807) is 0 Å². The minimum atomic E-state index is -0.704. The summed E-state index contributed by atoms with van der Waals surface area (Å²) in [5, 5.41) is 0. The summed E-state index contributed by atoms with van der Waals surface area (Å²) in [6.45, 7) is 6.32. The van der Waals surface area contributed by atoms with Crippen LogP contribution in [0.2, 0.25) is 0 Å². The number of hydrogen-bond acceptors (Lipinski definition) is 3. The molecule has 0 radical (unpaired) electrons. The maximum absolute atomic E-state index is 10.7. The van der Waals surface area contributed by atoms with Crippen molar-refractivity contribution >= 4 is 6.09 Å². The van der Waals surface area contributed by atoms with Crippen LogP contribution in [0, 0.1) is 0 Å². The molecule has 1 rings (SSSR count). The maximum atomic E-state index is 10.7. The largest absolute Gasteiger partial charge is 0.448 e. The molecule has 0 aliphatic heterocycles. The summed E-state index contributed by atoms with van der Waals surface area (Å²) in [4.78, 5) is 13.0. The average Bonchev–Trinajstić information content (AvgIpc) is 2.38. The maximum Gasteiger partial charge on any atom is 0.404 e. The standard InChI is InChI=1S/C14H22N2O2/c1-3-13(11-18-14(15)17)16(4-2)10-12-8-6-5-7-9-12/h5-9,13H,3-4,10-11H2,1-2H3,(H2,15,17). The molecular weight excluding hydrogens is 228 g/mol. The van der Waals surface area contributed by atoms with Crippen LogP contribution in [0.15, 0.2) is 30.3 Å². The molecule has 2 N–H and O–H groups in total. The van der Waals surface area contributed by atoms with E-state index < -0.39 is 6.09 Å². The van der Waals surface area contributed by atoms with Gasteiger partial charge < -0.3 is 10.5 Å². The molecule has 1 aromatic carbocycles. The van der Waals surface area contributed by atoms with Crippen molar-refractivity contribution in [2.45, 2.75) is 32.9 Å². The number of nitrogens with zero attached hydrogens (tertiary/aromatic N) is 1. The first-order valence-electron chi connectivity index (χ1n) is 6.37. The van der Waals surface area contributed by atoms with Crippen LogP contribution in [0.3, 0.4) is 0 Å². The van der Waals surface area contributed by atoms with Crippen LogP contribution in [0.25, 0.3) is 0 Å². The molecule has 0 saturated carbocycles. The number of amides is 1. The number of benzene rings is 1. The lowest BCUT2D eigenvalue weighted by molar-refractivity contribution is 0.0915. The Bertz CT molecular complexity index is 354. The molecule has 4 heteroatoms. The van der Waals surface area contributed by atoms with Crippen LogP contribution in [-0.4, -0.2) is 30.2 Å². The Hall–Kier alpha value is -1.55. The molecule has 1 unspecified atom stereocenters. The van der Waals surface area contributed by atoms with Gasteiger partial charge in [0.05, 0.1) is 0 Å². The first-order chi connectivity index (χ1) is 8.67. The Balaban J connectivity index is 2.59. The lowest BCUT2D eigenvalue weighted by Gasteiger charge is -2.29. The van der Waals surface area contributed by atoms with Crippen LogP contribution in [0.5, 0.6) is 0 Å². The molecule has 1 amide bonds. The summed E-state index contributed by atoms with van der Waals surface area (Å²) >= 11 is 0. The molecule has 1 aromatic rings. The zero-order valence-corrected chi connectivity index (χ0v) is 11.1. The third-order valence-corrected chi connectivity index (χ3v) is 3.04. The van der Waals surface area contributed by atoms with Gasteiger partial charge >= 0.3 is 6.09 Å². The van der Waals surface area contributed by atoms with Gasteiger partial charge in [-0.3, -0.25) is 4.90 Å². The zero-order valence-electron chi connectivity index (χ0n) is 11.1. The second-order valence-electron chi connectivity index (χ2n) is 4.24. The summed E-state index contributed by atoms with van der Waals surface area (Å²) < 4.78 is 4.91. The molecule has 0 aliphatic carbocycles. The second kappa shape index (κ2) is 7.71. The predicted molar refractivity (Wildman–Crippen MR) is 72.1 cm³/mol. The van der Waals surface area contributed by atoms with Crippen molar-refractivity contribution in [1.29, 1.82) is 0 Å². The van der Waals surface area contributed by atoms with E-state index in [-0.39, 0.29) is 6.04 Å². The average molecular weight is 250 g/mol. The van der Waals surface area contributed by atoms with Gasteiger partial charge in [0.2, 0.25) is 0 Å². The van der Waals surface area contributed by atoms with Crippen LogP contribution in [0.4, 0.5) is 4.79 Å². The van der Waals surface area contributed by atoms with Gasteiger partial charge in [0.1, 0.15) is 6.61 Å². The number of carbonyl (C=O) groups excluding carboxylic acids is 1. The monoisotopic (exact) mass is 250 g/mol. The molecular formula is C14H22N2O2. The number of primary amides is 1. The molecule has 0 bridgehead atoms. The van der Waals surface area contributed by atoms with E-state index in [0.717, 1.165) is 19.5 Å². The van der Waals surface area contributed by atoms with Crippen molar-refractivity contribution < 1.29 is 9.53 Å². The molecule has 0 aliphatic rings. The van der Waals surface area contributed by atoms with Crippen LogP contribution in [-0.2, 0) is 11.3 Å². The van der Waals surface area contributed by atoms with Crippen molar-refractivity contribution in [3.63, 3.8) is 0 Å². The van der Waals surface area contributed by atoms with Gasteiger partial charge in [-0.2, -0.15) is 0 Å². The highest BCUT2D eigenvalue weighted by Crippen LogP contribution is 2.11. The van der Waals surface area contributed by atoms with E-state index in [9.17, 15) is 4.79 Å². The number of likely N-dealkylation sites (N-methyl/N-ethyl adjacent to an activating group) is 1. The Morgan fingerprint density at radius 3 is 2.50 bits per heavy atom. The van der Waals surface area contributed by atoms with E-state index in [4.69, 9.17) is 10.5 Å². The molecule has 4 nitrogen and oxygen atoms in total. The summed E-state index contributed by atoms with van der Waals surface area (Å²) in [5.41, 5.74) is 6.27. The number of ether oxygens (including phenoxy) is 1. The van der Waals surface area contributed by atoms with Crippen molar-refractivity contribution in [3.8, 4) is 0 Å². The predicted octanol–water partition coefficient (Wildman–Crippen LogP) is 2.38. The number of rotatable bonds is 7. The molecule has 0 fully saturated rings. The Labute approximate surface area is 109 Å². The Morgan fingerprint density at radius 1 is 1.33 bits per heavy atom. The zero-order chi connectivity index (χ0) is 13.4. The molecule has 100 valence electrons. The molecule has 18 heavy (non-hydrogen) atoms. The van der Waals surface area contributed by atoms with Crippen LogP contribution >= 0.6 is 0 Å². The lowest BCUT2D eigenvalue weighted by Crippen LogP contribution is -2.38. The summed E-state index contributed by atoms with van der Waals surface area (Å²) in [6.07, 6.45) is 0.220. The second-order valence-corrected chi connectivity index (χ2v) is 4.24. The van der Waals surface area contributed by atoms with E-state index in [1.165, 1.54) is 5.56 Å². The normalized spacial score (nSPS) is 12.4. The fourth-order valence-electron chi connectivity index (χ4n) is 1.98. The highest BCUT2D eigenvalue weighted by atomic mass is 16.5. The molecule has 0 heterocycles. The Kier molecular flexibility index (Phi) is 6.22. The summed E-state index contributed by atoms with van der Waals surface area (Å²) in [6, 6.07) is 10.5. The van der Waals surface area contributed by atoms with Crippen molar-refractivity contribution in [2.75, 3.05) is 13.2 Å². The minimum absolute atomic E-state index is 0.211. The molecule has 1 atom stereocenters. The topological polar surface area (TPSA) is 55.6 Å². The first-order valence-corrected chi connectivity index (χ1v) is 6.37. The van der Waals surface area contributed by atoms with Gasteiger partial charge in [-0.1, -0.05) is 44.2 Å². The fraction of sp³-hybridized carbons (Fsp3) is 0.500. The summed E-state index contributed by atoms with van der Waals surface area (Å²) in [7, 11) is 0. The van der Waals surface area contributed by atoms with Crippen molar-refractivity contribution in [3.05, 3.63) is 35.9 Å². The van der Waals surface area contributed by atoms with Crippen LogP contribution < -0.4 is 5.73 Å². The van der Waals surface area contributed by atoms with E-state index in [0.29, 0.717) is 6.61 Å². The number of carbonyl (C=O) groups is 1. The van der Waals surface area contributed by atoms with Gasteiger partial charge in [0, 0.05) is 12.6 Å². The fourth-order valence-corrected chi connectivity index (χ4v) is 1.98. The SMILES string of the molecule is CCC(COC(N)=O)N(CC)Cc1ccccc1. The summed E-state index contributed by atoms with van der Waals surface area (Å²) in [5.74, 6) is 0. The van der Waals surface area contributed by atoms with E-state index in [1.807, 2.05) is 18.2 Å². The molecule has 0 saturated heterocycles. The van der Waals surface area contributed by atoms with Crippen molar-refractivity contribution in [2.24, 2.45) is 5.73 Å². The van der Waals surface area contributed by atoms with Gasteiger partial charge in [0.15, 0.2) is 0 Å². The quantitative estimate of drug-likeness (QED) is 0.808. The lowest BCUT2D eigenvalue weighted by atomic mass is 10.1. The smallest absolute Gasteiger partial charge is 0.404 e. The number of hydrogen-bond donors (Lipinski definition) is 1. The van der Waals surface area contributed by atoms with Gasteiger partial charge in [0.25, 0.3) is 0 Å². The van der Waals surface area contributed by atoms with Gasteiger partial charge in [-0.15, -0.1) is 0 Å². The highest BCUT2D eigenvalue weighted by Gasteiger charge is 2.16. The van der Waals surface area contributed by atoms with Gasteiger partial charge in [-0.25, -0.2) is 4.79 Å². The van der Waals surface area contributed by atoms with E-state index in [2.05, 4.69) is 30.9 Å². The van der Waals surface area contributed by atoms with Crippen LogP contribution in [0.1, 0.15) is 25.8 Å². The molecule has 0 aromatic heterocycles. The van der Waals surface area contributed by atoms with E-state index >= 15 is 0 Å². The molecule has 0 spiro atoms. The van der Waals surface area contributed by atoms with Gasteiger partial charge in [-0.05, 0) is 18.5 Å². The highest BCUT2D eigenvalue weighted by molar-refractivity contribution is 5.64. The number of nitrogens with two attached hydrogens (primary N) is 1. The third-order valence-electron chi connectivity index (χ3n) is 3.04. The first kappa shape index (κ1) is 14.5. The third kappa shape index (κ3) is 4.75.